The molecule has 0 unspecified atom stereocenters. The number of hydrogen-bond donors (Lipinski definition) is 1. The molecule has 0 radical (unpaired) electrons. The van der Waals surface area contributed by atoms with E-state index in [1.54, 1.807) is 10.8 Å². The quantitative estimate of drug-likeness (QED) is 0.495. The van der Waals surface area contributed by atoms with Crippen molar-refractivity contribution in [2.24, 2.45) is 5.16 Å². The van der Waals surface area contributed by atoms with Gasteiger partial charge in [-0.2, -0.15) is 0 Å². The van der Waals surface area contributed by atoms with Gasteiger partial charge in [0.1, 0.15) is 5.60 Å². The Labute approximate surface area is 140 Å². The smallest absolute Gasteiger partial charge is 0.327 e. The molecule has 7 heteroatoms. The van der Waals surface area contributed by atoms with Crippen LogP contribution in [-0.4, -0.2) is 26.4 Å². The first kappa shape index (κ1) is 17.5. The van der Waals surface area contributed by atoms with E-state index in [9.17, 15) is 4.79 Å². The molecule has 0 aromatic carbocycles. The number of fused-ring (bicyclic) bond motifs is 1. The minimum atomic E-state index is -0.395. The Morgan fingerprint density at radius 2 is 2.17 bits per heavy atom. The molecule has 2 rings (SSSR count). The van der Waals surface area contributed by atoms with Crippen LogP contribution in [0.2, 0.25) is 5.02 Å². The van der Waals surface area contributed by atoms with Gasteiger partial charge in [-0.25, -0.2) is 9.78 Å². The fourth-order valence-corrected chi connectivity index (χ4v) is 2.41. The lowest BCUT2D eigenvalue weighted by Gasteiger charge is -2.15. The number of hydrogen-bond acceptors (Lipinski definition) is 4. The summed E-state index contributed by atoms with van der Waals surface area (Å²) in [7, 11) is 0. The molecule has 0 bridgehead atoms. The molecule has 6 nitrogen and oxygen atoms in total. The number of nitrogens with zero attached hydrogens (tertiary/aromatic N) is 3. The number of nitrogens with one attached hydrogen (secondary N) is 1. The molecule has 0 aliphatic heterocycles. The van der Waals surface area contributed by atoms with Gasteiger partial charge in [0, 0.05) is 18.3 Å². The van der Waals surface area contributed by atoms with Crippen molar-refractivity contribution in [1.29, 1.82) is 0 Å². The number of H-pyrrole nitrogens is 1. The van der Waals surface area contributed by atoms with Crippen molar-refractivity contribution in [1.82, 2.24) is 14.5 Å². The van der Waals surface area contributed by atoms with Crippen LogP contribution in [0.3, 0.4) is 0 Å². The number of pyridine rings is 1. The van der Waals surface area contributed by atoms with Gasteiger partial charge < -0.3 is 4.84 Å². The van der Waals surface area contributed by atoms with Crippen molar-refractivity contribution < 1.29 is 4.84 Å². The zero-order chi connectivity index (χ0) is 17.0. The molecular weight excluding hydrogens is 316 g/mol. The summed E-state index contributed by atoms with van der Waals surface area (Å²) in [5, 5.41) is 4.44. The van der Waals surface area contributed by atoms with Crippen molar-refractivity contribution in [3.63, 3.8) is 0 Å². The molecule has 23 heavy (non-hydrogen) atoms. The fourth-order valence-electron chi connectivity index (χ4n) is 2.22. The van der Waals surface area contributed by atoms with Crippen LogP contribution >= 0.6 is 11.6 Å². The summed E-state index contributed by atoms with van der Waals surface area (Å²) in [5.41, 5.74) is 1.23. The lowest BCUT2D eigenvalue weighted by Crippen LogP contribution is -2.17. The molecule has 0 aliphatic carbocycles. The lowest BCUT2D eigenvalue weighted by atomic mass is 10.2. The Hall–Kier alpha value is -1.82. The van der Waals surface area contributed by atoms with Gasteiger partial charge in [-0.05, 0) is 27.2 Å². The van der Waals surface area contributed by atoms with Crippen LogP contribution in [0, 0.1) is 0 Å². The van der Waals surface area contributed by atoms with Crippen molar-refractivity contribution in [2.75, 3.05) is 0 Å². The number of unbranched alkanes of at least 4 members (excludes halogenated alkanes) is 2. The van der Waals surface area contributed by atoms with Gasteiger partial charge in [0.05, 0.1) is 16.8 Å². The average molecular weight is 339 g/mol. The van der Waals surface area contributed by atoms with Crippen LogP contribution in [0.1, 0.15) is 52.5 Å². The summed E-state index contributed by atoms with van der Waals surface area (Å²) in [6.45, 7) is 8.47. The summed E-state index contributed by atoms with van der Waals surface area (Å²) < 4.78 is 1.67. The second kappa shape index (κ2) is 7.17. The van der Waals surface area contributed by atoms with Gasteiger partial charge in [0.2, 0.25) is 0 Å². The number of aryl methyl sites for hydroxylation is 1. The normalized spacial score (nSPS) is 12.4. The highest BCUT2D eigenvalue weighted by Gasteiger charge is 2.15. The summed E-state index contributed by atoms with van der Waals surface area (Å²) in [5.74, 6) is 0. The first-order chi connectivity index (χ1) is 10.8. The number of oxime groups is 1. The molecule has 0 fully saturated rings. The van der Waals surface area contributed by atoms with Crippen molar-refractivity contribution >= 4 is 29.0 Å². The molecule has 126 valence electrons. The van der Waals surface area contributed by atoms with E-state index >= 15 is 0 Å². The topological polar surface area (TPSA) is 72.3 Å². The van der Waals surface area contributed by atoms with Crippen LogP contribution < -0.4 is 5.69 Å². The maximum atomic E-state index is 12.2. The molecule has 0 saturated heterocycles. The van der Waals surface area contributed by atoms with Crippen molar-refractivity contribution in [3.8, 4) is 0 Å². The van der Waals surface area contributed by atoms with Gasteiger partial charge in [-0.15, -0.1) is 0 Å². The molecule has 0 amide bonds. The number of halogens is 1. The zero-order valence-electron chi connectivity index (χ0n) is 14.0. The van der Waals surface area contributed by atoms with Crippen LogP contribution in [-0.2, 0) is 11.4 Å². The standard InChI is InChI=1S/C16H23ClN4O2/c1-5-6-7-8-21-13-11(9-19-23-16(2,3)4)12(17)10-18-14(13)20-15(21)22/h9-10H,5-8H2,1-4H3,(H,18,20,22)/b19-9-. The Balaban J connectivity index is 2.45. The third-order valence-corrected chi connectivity index (χ3v) is 3.58. The highest BCUT2D eigenvalue weighted by atomic mass is 35.5. The maximum absolute atomic E-state index is 12.2. The first-order valence-corrected chi connectivity index (χ1v) is 8.20. The molecule has 0 saturated carbocycles. The molecule has 2 heterocycles. The second-order valence-corrected chi connectivity index (χ2v) is 6.85. The summed E-state index contributed by atoms with van der Waals surface area (Å²) >= 11 is 6.26. The Morgan fingerprint density at radius 1 is 1.43 bits per heavy atom. The second-order valence-electron chi connectivity index (χ2n) is 6.44. The van der Waals surface area contributed by atoms with Crippen LogP contribution in [0.5, 0.6) is 0 Å². The van der Waals surface area contributed by atoms with Gasteiger partial charge in [0.25, 0.3) is 0 Å². The summed E-state index contributed by atoms with van der Waals surface area (Å²) in [4.78, 5) is 24.5. The number of aromatic amines is 1. The number of aromatic nitrogens is 3. The van der Waals surface area contributed by atoms with Gasteiger partial charge in [-0.1, -0.05) is 36.5 Å². The Morgan fingerprint density at radius 3 is 2.83 bits per heavy atom. The predicted octanol–water partition coefficient (Wildman–Crippen LogP) is 3.72. The number of rotatable bonds is 6. The molecule has 1 N–H and O–H groups in total. The predicted molar refractivity (Wildman–Crippen MR) is 93.3 cm³/mol. The molecule has 0 atom stereocenters. The van der Waals surface area contributed by atoms with E-state index in [1.165, 1.54) is 6.20 Å². The Bertz CT molecular complexity index is 756. The van der Waals surface area contributed by atoms with E-state index in [2.05, 4.69) is 22.0 Å². The van der Waals surface area contributed by atoms with Crippen LogP contribution in [0.15, 0.2) is 16.1 Å². The van der Waals surface area contributed by atoms with Crippen molar-refractivity contribution in [2.45, 2.75) is 59.1 Å². The Kier molecular flexibility index (Phi) is 5.46. The third kappa shape index (κ3) is 4.34. The van der Waals surface area contributed by atoms with E-state index < -0.39 is 5.60 Å². The monoisotopic (exact) mass is 338 g/mol. The number of imidazole rings is 1. The van der Waals surface area contributed by atoms with E-state index in [0.29, 0.717) is 28.3 Å². The minimum Gasteiger partial charge on any atom is -0.390 e. The molecular formula is C16H23ClN4O2. The van der Waals surface area contributed by atoms with E-state index in [0.717, 1.165) is 19.3 Å². The van der Waals surface area contributed by atoms with Crippen LogP contribution in [0.25, 0.3) is 11.2 Å². The van der Waals surface area contributed by atoms with Gasteiger partial charge in [-0.3, -0.25) is 9.55 Å². The maximum Gasteiger partial charge on any atom is 0.327 e. The highest BCUT2D eigenvalue weighted by Crippen LogP contribution is 2.22. The van der Waals surface area contributed by atoms with Crippen LogP contribution in [0.4, 0.5) is 0 Å². The molecule has 2 aromatic rings. The zero-order valence-corrected chi connectivity index (χ0v) is 14.8. The van der Waals surface area contributed by atoms with E-state index in [1.807, 2.05) is 20.8 Å². The minimum absolute atomic E-state index is 0.183. The van der Waals surface area contributed by atoms with Crippen molar-refractivity contribution in [3.05, 3.63) is 27.3 Å². The molecule has 2 aromatic heterocycles. The highest BCUT2D eigenvalue weighted by molar-refractivity contribution is 6.34. The van der Waals surface area contributed by atoms with Gasteiger partial charge >= 0.3 is 5.69 Å². The SMILES string of the molecule is CCCCCn1c(=O)[nH]c2ncc(Cl)c(/C=N\OC(C)(C)C)c21. The summed E-state index contributed by atoms with van der Waals surface area (Å²) in [6, 6.07) is 0. The van der Waals surface area contributed by atoms with E-state index in [-0.39, 0.29) is 5.69 Å². The summed E-state index contributed by atoms with van der Waals surface area (Å²) in [6.07, 6.45) is 6.12. The average Bonchev–Trinajstić information content (AvgIpc) is 2.77. The third-order valence-electron chi connectivity index (χ3n) is 3.28. The van der Waals surface area contributed by atoms with E-state index in [4.69, 9.17) is 16.4 Å². The largest absolute Gasteiger partial charge is 0.390 e. The first-order valence-electron chi connectivity index (χ1n) is 7.82. The molecule has 0 spiro atoms. The van der Waals surface area contributed by atoms with Gasteiger partial charge in [0.15, 0.2) is 5.65 Å². The fraction of sp³-hybridized carbons (Fsp3) is 0.562. The lowest BCUT2D eigenvalue weighted by molar-refractivity contribution is 0.00200. The molecule has 0 aliphatic rings.